The van der Waals surface area contributed by atoms with Crippen LogP contribution in [-0.2, 0) is 16.0 Å². The standard InChI is InChI=1S/C17H24N4O2/c1-19(2)17(22)12-20-8-9-23-13-14(11-20)10-15-16-4-3-6-21(16)7-5-18-15/h3-7,14H,8-13H2,1-2H3/t14-/m0/s1. The maximum absolute atomic E-state index is 12.0. The SMILES string of the molecule is CN(C)C(=O)CN1CCOC[C@@H](Cc2nccn3cccc23)C1. The second kappa shape index (κ2) is 7.10. The normalized spacial score (nSPS) is 19.7. The van der Waals surface area contributed by atoms with Crippen molar-refractivity contribution in [1.29, 1.82) is 0 Å². The molecule has 2 aromatic heterocycles. The van der Waals surface area contributed by atoms with Gasteiger partial charge < -0.3 is 14.0 Å². The van der Waals surface area contributed by atoms with Crippen molar-refractivity contribution in [1.82, 2.24) is 19.2 Å². The van der Waals surface area contributed by atoms with E-state index in [4.69, 9.17) is 4.74 Å². The molecular weight excluding hydrogens is 292 g/mol. The van der Waals surface area contributed by atoms with E-state index in [1.54, 1.807) is 19.0 Å². The van der Waals surface area contributed by atoms with Crippen LogP contribution in [-0.4, -0.2) is 72.0 Å². The minimum absolute atomic E-state index is 0.137. The first-order chi connectivity index (χ1) is 11.1. The molecule has 0 radical (unpaired) electrons. The molecule has 3 rings (SSSR count). The molecule has 1 aliphatic heterocycles. The predicted octanol–water partition coefficient (Wildman–Crippen LogP) is 0.913. The van der Waals surface area contributed by atoms with Crippen LogP contribution < -0.4 is 0 Å². The highest BCUT2D eigenvalue weighted by Crippen LogP contribution is 2.17. The Morgan fingerprint density at radius 2 is 2.30 bits per heavy atom. The monoisotopic (exact) mass is 316 g/mol. The van der Waals surface area contributed by atoms with Crippen LogP contribution in [0.4, 0.5) is 0 Å². The molecule has 1 atom stereocenters. The van der Waals surface area contributed by atoms with Crippen LogP contribution in [0.25, 0.3) is 5.52 Å². The molecule has 6 heteroatoms. The molecule has 1 fully saturated rings. The average molecular weight is 316 g/mol. The largest absolute Gasteiger partial charge is 0.380 e. The summed E-state index contributed by atoms with van der Waals surface area (Å²) in [5.74, 6) is 0.485. The lowest BCUT2D eigenvalue weighted by molar-refractivity contribution is -0.129. The summed E-state index contributed by atoms with van der Waals surface area (Å²) in [6.07, 6.45) is 6.70. The van der Waals surface area contributed by atoms with E-state index in [-0.39, 0.29) is 5.91 Å². The number of hydrogen-bond acceptors (Lipinski definition) is 4. The first-order valence-corrected chi connectivity index (χ1v) is 8.04. The molecule has 0 unspecified atom stereocenters. The highest BCUT2D eigenvalue weighted by molar-refractivity contribution is 5.77. The first-order valence-electron chi connectivity index (χ1n) is 8.04. The van der Waals surface area contributed by atoms with Crippen molar-refractivity contribution in [3.05, 3.63) is 36.4 Å². The zero-order valence-corrected chi connectivity index (χ0v) is 13.8. The number of ether oxygens (including phenoxy) is 1. The van der Waals surface area contributed by atoms with Crippen LogP contribution in [0.15, 0.2) is 30.7 Å². The Kier molecular flexibility index (Phi) is 4.93. The molecule has 0 N–H and O–H groups in total. The van der Waals surface area contributed by atoms with E-state index in [1.165, 1.54) is 0 Å². The number of fused-ring (bicyclic) bond motifs is 1. The second-order valence-electron chi connectivity index (χ2n) is 6.34. The Morgan fingerprint density at radius 1 is 1.43 bits per heavy atom. The molecule has 1 aliphatic rings. The number of likely N-dealkylation sites (N-methyl/N-ethyl adjacent to an activating group) is 1. The maximum Gasteiger partial charge on any atom is 0.236 e. The van der Waals surface area contributed by atoms with Crippen molar-refractivity contribution in [3.63, 3.8) is 0 Å². The lowest BCUT2D eigenvalue weighted by Crippen LogP contribution is -2.39. The predicted molar refractivity (Wildman–Crippen MR) is 88.3 cm³/mol. The number of carbonyl (C=O) groups excluding carboxylic acids is 1. The topological polar surface area (TPSA) is 50.1 Å². The third-order valence-electron chi connectivity index (χ3n) is 4.29. The summed E-state index contributed by atoms with van der Waals surface area (Å²) in [7, 11) is 3.59. The van der Waals surface area contributed by atoms with Crippen LogP contribution in [0.5, 0.6) is 0 Å². The van der Waals surface area contributed by atoms with Gasteiger partial charge in [0.2, 0.25) is 5.91 Å². The van der Waals surface area contributed by atoms with Crippen molar-refractivity contribution in [2.75, 3.05) is 46.9 Å². The highest BCUT2D eigenvalue weighted by Gasteiger charge is 2.22. The Bertz CT molecular complexity index is 667. The number of hydrogen-bond donors (Lipinski definition) is 0. The van der Waals surface area contributed by atoms with Gasteiger partial charge in [0.05, 0.1) is 31.0 Å². The molecule has 0 bridgehead atoms. The van der Waals surface area contributed by atoms with Gasteiger partial charge in [-0.05, 0) is 18.6 Å². The van der Waals surface area contributed by atoms with E-state index in [2.05, 4.69) is 20.4 Å². The van der Waals surface area contributed by atoms with Gasteiger partial charge in [-0.1, -0.05) is 0 Å². The fraction of sp³-hybridized carbons (Fsp3) is 0.529. The van der Waals surface area contributed by atoms with Gasteiger partial charge in [-0.3, -0.25) is 14.7 Å². The molecule has 0 saturated carbocycles. The van der Waals surface area contributed by atoms with Gasteiger partial charge in [0.1, 0.15) is 0 Å². The number of rotatable bonds is 4. The molecule has 124 valence electrons. The summed E-state index contributed by atoms with van der Waals surface area (Å²) in [5.41, 5.74) is 2.24. The van der Waals surface area contributed by atoms with Gasteiger partial charge in [-0.15, -0.1) is 0 Å². The molecule has 1 amide bonds. The van der Waals surface area contributed by atoms with Crippen LogP contribution in [0, 0.1) is 5.92 Å². The van der Waals surface area contributed by atoms with Crippen LogP contribution >= 0.6 is 0 Å². The van der Waals surface area contributed by atoms with E-state index in [0.29, 0.717) is 19.1 Å². The van der Waals surface area contributed by atoms with Crippen molar-refractivity contribution in [2.24, 2.45) is 5.92 Å². The molecule has 3 heterocycles. The summed E-state index contributed by atoms with van der Waals surface area (Å²) in [5, 5.41) is 0. The fourth-order valence-corrected chi connectivity index (χ4v) is 3.01. The van der Waals surface area contributed by atoms with Gasteiger partial charge in [-0.2, -0.15) is 0 Å². The molecule has 0 aromatic carbocycles. The Balaban J connectivity index is 1.69. The summed E-state index contributed by atoms with van der Waals surface area (Å²) in [6.45, 7) is 3.52. The van der Waals surface area contributed by atoms with E-state index < -0.39 is 0 Å². The number of amides is 1. The molecule has 1 saturated heterocycles. The van der Waals surface area contributed by atoms with Gasteiger partial charge in [0, 0.05) is 51.7 Å². The minimum atomic E-state index is 0.137. The molecular formula is C17H24N4O2. The molecule has 23 heavy (non-hydrogen) atoms. The molecule has 2 aromatic rings. The summed E-state index contributed by atoms with van der Waals surface area (Å²) >= 11 is 0. The Morgan fingerprint density at radius 3 is 3.13 bits per heavy atom. The number of aromatic nitrogens is 2. The first kappa shape index (κ1) is 16.0. The molecule has 0 aliphatic carbocycles. The maximum atomic E-state index is 12.0. The quantitative estimate of drug-likeness (QED) is 0.841. The van der Waals surface area contributed by atoms with Gasteiger partial charge >= 0.3 is 0 Å². The third-order valence-corrected chi connectivity index (χ3v) is 4.29. The van der Waals surface area contributed by atoms with Gasteiger partial charge in [0.15, 0.2) is 0 Å². The van der Waals surface area contributed by atoms with E-state index in [9.17, 15) is 4.79 Å². The summed E-state index contributed by atoms with van der Waals surface area (Å²) < 4.78 is 7.83. The average Bonchev–Trinajstić information content (AvgIpc) is 2.90. The Hall–Kier alpha value is -1.92. The van der Waals surface area contributed by atoms with Crippen molar-refractivity contribution in [2.45, 2.75) is 6.42 Å². The smallest absolute Gasteiger partial charge is 0.236 e. The molecule has 6 nitrogen and oxygen atoms in total. The highest BCUT2D eigenvalue weighted by atomic mass is 16.5. The van der Waals surface area contributed by atoms with E-state index in [0.717, 1.165) is 37.3 Å². The van der Waals surface area contributed by atoms with Crippen LogP contribution in [0.3, 0.4) is 0 Å². The summed E-state index contributed by atoms with van der Waals surface area (Å²) in [4.78, 5) is 20.3. The lowest BCUT2D eigenvalue weighted by Gasteiger charge is -2.24. The van der Waals surface area contributed by atoms with Crippen molar-refractivity contribution in [3.8, 4) is 0 Å². The van der Waals surface area contributed by atoms with Crippen molar-refractivity contribution >= 4 is 11.4 Å². The zero-order chi connectivity index (χ0) is 16.2. The minimum Gasteiger partial charge on any atom is -0.380 e. The van der Waals surface area contributed by atoms with Gasteiger partial charge in [-0.25, -0.2) is 0 Å². The lowest BCUT2D eigenvalue weighted by atomic mass is 10.0. The second-order valence-corrected chi connectivity index (χ2v) is 6.34. The van der Waals surface area contributed by atoms with Crippen LogP contribution in [0.2, 0.25) is 0 Å². The van der Waals surface area contributed by atoms with E-state index in [1.807, 2.05) is 24.7 Å². The van der Waals surface area contributed by atoms with Gasteiger partial charge in [0.25, 0.3) is 0 Å². The number of nitrogens with zero attached hydrogens (tertiary/aromatic N) is 4. The van der Waals surface area contributed by atoms with E-state index >= 15 is 0 Å². The Labute approximate surface area is 136 Å². The van der Waals surface area contributed by atoms with Crippen LogP contribution in [0.1, 0.15) is 5.69 Å². The third kappa shape index (κ3) is 3.89. The molecule has 0 spiro atoms. The van der Waals surface area contributed by atoms with Crippen molar-refractivity contribution < 1.29 is 9.53 Å². The zero-order valence-electron chi connectivity index (χ0n) is 13.8. The number of carbonyl (C=O) groups is 1. The fourth-order valence-electron chi connectivity index (χ4n) is 3.01. The summed E-state index contributed by atoms with van der Waals surface area (Å²) in [6, 6.07) is 4.12.